The van der Waals surface area contributed by atoms with Crippen LogP contribution >= 0.6 is 0 Å². The average molecular weight is 279 g/mol. The monoisotopic (exact) mass is 279 g/mol. The lowest BCUT2D eigenvalue weighted by Crippen LogP contribution is -2.53. The molecule has 1 amide bonds. The fourth-order valence-electron chi connectivity index (χ4n) is 5.09. The molecular weight excluding hydrogens is 254 g/mol. The van der Waals surface area contributed by atoms with Gasteiger partial charge < -0.3 is 10.1 Å². The number of rotatable bonds is 5. The van der Waals surface area contributed by atoms with Crippen LogP contribution in [0, 0.1) is 23.2 Å². The van der Waals surface area contributed by atoms with Gasteiger partial charge in [-0.3, -0.25) is 9.59 Å². The second kappa shape index (κ2) is 5.38. The minimum atomic E-state index is -0.224. The zero-order valence-corrected chi connectivity index (χ0v) is 12.3. The smallest absolute Gasteiger partial charge is 0.307 e. The van der Waals surface area contributed by atoms with Crippen LogP contribution in [0.5, 0.6) is 0 Å². The number of amides is 1. The van der Waals surface area contributed by atoms with E-state index in [1.807, 2.05) is 0 Å². The molecule has 4 nitrogen and oxygen atoms in total. The van der Waals surface area contributed by atoms with Crippen LogP contribution in [0.1, 0.15) is 51.9 Å². The SMILES string of the molecule is CCOC(=O)CCNC(=O)C12CC3CC(CC(C3)C1)C2. The summed E-state index contributed by atoms with van der Waals surface area (Å²) in [7, 11) is 0. The van der Waals surface area contributed by atoms with Crippen molar-refractivity contribution < 1.29 is 14.3 Å². The van der Waals surface area contributed by atoms with Crippen LogP contribution in [0.15, 0.2) is 0 Å². The predicted octanol–water partition coefficient (Wildman–Crippen LogP) is 2.27. The highest BCUT2D eigenvalue weighted by Crippen LogP contribution is 2.60. The van der Waals surface area contributed by atoms with Gasteiger partial charge in [-0.1, -0.05) is 0 Å². The molecule has 112 valence electrons. The third kappa shape index (κ3) is 2.57. The lowest BCUT2D eigenvalue weighted by molar-refractivity contribution is -0.147. The highest BCUT2D eigenvalue weighted by atomic mass is 16.5. The third-order valence-electron chi connectivity index (χ3n) is 5.44. The minimum Gasteiger partial charge on any atom is -0.466 e. The molecule has 0 unspecified atom stereocenters. The zero-order chi connectivity index (χ0) is 14.2. The molecule has 0 aromatic heterocycles. The second-order valence-corrected chi connectivity index (χ2v) is 7.01. The Morgan fingerprint density at radius 1 is 1.10 bits per heavy atom. The van der Waals surface area contributed by atoms with Crippen LogP contribution in [0.4, 0.5) is 0 Å². The van der Waals surface area contributed by atoms with Gasteiger partial charge in [0.25, 0.3) is 0 Å². The lowest BCUT2D eigenvalue weighted by atomic mass is 9.49. The molecule has 4 aliphatic carbocycles. The number of hydrogen-bond donors (Lipinski definition) is 1. The molecule has 4 bridgehead atoms. The van der Waals surface area contributed by atoms with Gasteiger partial charge in [0, 0.05) is 12.0 Å². The average Bonchev–Trinajstić information content (AvgIpc) is 2.37. The van der Waals surface area contributed by atoms with Gasteiger partial charge in [0.1, 0.15) is 0 Å². The predicted molar refractivity (Wildman–Crippen MR) is 74.9 cm³/mol. The van der Waals surface area contributed by atoms with E-state index in [0.717, 1.165) is 37.0 Å². The molecule has 0 spiro atoms. The highest BCUT2D eigenvalue weighted by molar-refractivity contribution is 5.83. The first-order chi connectivity index (χ1) is 9.61. The standard InChI is InChI=1S/C16H25NO3/c1-2-20-14(18)3-4-17-15(19)16-8-11-5-12(9-16)7-13(6-11)10-16/h11-13H,2-10H2,1H3,(H,17,19). The topological polar surface area (TPSA) is 55.4 Å². The van der Waals surface area contributed by atoms with E-state index in [1.54, 1.807) is 6.92 Å². The Balaban J connectivity index is 1.53. The summed E-state index contributed by atoms with van der Waals surface area (Å²) in [5, 5.41) is 2.99. The van der Waals surface area contributed by atoms with E-state index in [9.17, 15) is 9.59 Å². The Kier molecular flexibility index (Phi) is 3.74. The molecular formula is C16H25NO3. The van der Waals surface area contributed by atoms with Crippen LogP contribution in [0.2, 0.25) is 0 Å². The summed E-state index contributed by atoms with van der Waals surface area (Å²) >= 11 is 0. The number of carbonyl (C=O) groups is 2. The van der Waals surface area contributed by atoms with Crippen molar-refractivity contribution in [3.05, 3.63) is 0 Å². The van der Waals surface area contributed by atoms with E-state index in [1.165, 1.54) is 19.3 Å². The van der Waals surface area contributed by atoms with Crippen LogP contribution in [-0.2, 0) is 14.3 Å². The minimum absolute atomic E-state index is 0.108. The molecule has 4 saturated carbocycles. The fourth-order valence-corrected chi connectivity index (χ4v) is 5.09. The first kappa shape index (κ1) is 13.9. The molecule has 4 heteroatoms. The molecule has 0 aromatic carbocycles. The number of carbonyl (C=O) groups excluding carboxylic acids is 2. The van der Waals surface area contributed by atoms with Crippen molar-refractivity contribution in [2.75, 3.05) is 13.2 Å². The summed E-state index contributed by atoms with van der Waals surface area (Å²) in [6.07, 6.45) is 7.53. The van der Waals surface area contributed by atoms with E-state index in [-0.39, 0.29) is 23.7 Å². The van der Waals surface area contributed by atoms with Gasteiger partial charge in [-0.15, -0.1) is 0 Å². The summed E-state index contributed by atoms with van der Waals surface area (Å²) < 4.78 is 4.88. The molecule has 0 aromatic rings. The summed E-state index contributed by atoms with van der Waals surface area (Å²) in [6.45, 7) is 2.62. The summed E-state index contributed by atoms with van der Waals surface area (Å²) in [4.78, 5) is 23.9. The first-order valence-electron chi connectivity index (χ1n) is 8.05. The zero-order valence-electron chi connectivity index (χ0n) is 12.3. The molecule has 0 saturated heterocycles. The van der Waals surface area contributed by atoms with Crippen LogP contribution in [-0.4, -0.2) is 25.0 Å². The number of hydrogen-bond acceptors (Lipinski definition) is 3. The van der Waals surface area contributed by atoms with Crippen molar-refractivity contribution in [3.63, 3.8) is 0 Å². The molecule has 20 heavy (non-hydrogen) atoms. The molecule has 0 atom stereocenters. The van der Waals surface area contributed by atoms with E-state index >= 15 is 0 Å². The molecule has 4 rings (SSSR count). The Hall–Kier alpha value is -1.06. The maximum Gasteiger partial charge on any atom is 0.307 e. The van der Waals surface area contributed by atoms with Gasteiger partial charge in [0.2, 0.25) is 5.91 Å². The molecule has 4 aliphatic rings. The van der Waals surface area contributed by atoms with Crippen molar-refractivity contribution in [3.8, 4) is 0 Å². The van der Waals surface area contributed by atoms with Crippen molar-refractivity contribution in [2.24, 2.45) is 23.2 Å². The van der Waals surface area contributed by atoms with E-state index in [0.29, 0.717) is 13.2 Å². The van der Waals surface area contributed by atoms with Crippen molar-refractivity contribution in [1.29, 1.82) is 0 Å². The summed E-state index contributed by atoms with van der Waals surface area (Å²) in [6, 6.07) is 0. The van der Waals surface area contributed by atoms with Gasteiger partial charge in [0.15, 0.2) is 0 Å². The van der Waals surface area contributed by atoms with Crippen molar-refractivity contribution in [2.45, 2.75) is 51.9 Å². The van der Waals surface area contributed by atoms with Gasteiger partial charge in [-0.2, -0.15) is 0 Å². The first-order valence-corrected chi connectivity index (χ1v) is 8.05. The Morgan fingerprint density at radius 3 is 2.15 bits per heavy atom. The van der Waals surface area contributed by atoms with Crippen LogP contribution in [0.3, 0.4) is 0 Å². The van der Waals surface area contributed by atoms with Crippen molar-refractivity contribution >= 4 is 11.9 Å². The van der Waals surface area contributed by atoms with Gasteiger partial charge in [0.05, 0.1) is 13.0 Å². The molecule has 4 fully saturated rings. The van der Waals surface area contributed by atoms with E-state index < -0.39 is 0 Å². The lowest BCUT2D eigenvalue weighted by Gasteiger charge is -2.55. The summed E-state index contributed by atoms with van der Waals surface area (Å²) in [5.41, 5.74) is -0.108. The number of ether oxygens (including phenoxy) is 1. The van der Waals surface area contributed by atoms with Crippen LogP contribution < -0.4 is 5.32 Å². The van der Waals surface area contributed by atoms with Gasteiger partial charge >= 0.3 is 5.97 Å². The van der Waals surface area contributed by atoms with E-state index in [2.05, 4.69) is 5.32 Å². The number of esters is 1. The number of nitrogens with one attached hydrogen (secondary N) is 1. The molecule has 0 heterocycles. The van der Waals surface area contributed by atoms with Crippen LogP contribution in [0.25, 0.3) is 0 Å². The quantitative estimate of drug-likeness (QED) is 0.785. The molecule has 1 N–H and O–H groups in total. The largest absolute Gasteiger partial charge is 0.466 e. The maximum atomic E-state index is 12.6. The summed E-state index contributed by atoms with van der Waals surface area (Å²) in [5.74, 6) is 2.30. The Labute approximate surface area is 120 Å². The fraction of sp³-hybridized carbons (Fsp3) is 0.875. The van der Waals surface area contributed by atoms with Gasteiger partial charge in [-0.05, 0) is 63.2 Å². The Bertz CT molecular complexity index is 369. The maximum absolute atomic E-state index is 12.6. The molecule has 0 radical (unpaired) electrons. The second-order valence-electron chi connectivity index (χ2n) is 7.01. The third-order valence-corrected chi connectivity index (χ3v) is 5.44. The highest BCUT2D eigenvalue weighted by Gasteiger charge is 2.54. The van der Waals surface area contributed by atoms with Crippen molar-refractivity contribution in [1.82, 2.24) is 5.32 Å². The molecule has 0 aliphatic heterocycles. The normalized spacial score (nSPS) is 37.8. The van der Waals surface area contributed by atoms with Gasteiger partial charge in [-0.25, -0.2) is 0 Å². The van der Waals surface area contributed by atoms with E-state index in [4.69, 9.17) is 4.74 Å². The Morgan fingerprint density at radius 2 is 1.65 bits per heavy atom.